The molecule has 1 rings (SSSR count). The molecule has 1 aromatic rings. The number of esters is 1. The summed E-state index contributed by atoms with van der Waals surface area (Å²) in [7, 11) is 1.20. The molecule has 0 saturated carbocycles. The highest BCUT2D eigenvalue weighted by molar-refractivity contribution is 5.96. The summed E-state index contributed by atoms with van der Waals surface area (Å²) in [6.45, 7) is -0.663. The van der Waals surface area contributed by atoms with Crippen LogP contribution in [0.15, 0.2) is 18.2 Å². The lowest BCUT2D eigenvalue weighted by atomic mass is 10.1. The van der Waals surface area contributed by atoms with Crippen molar-refractivity contribution in [2.24, 2.45) is 0 Å². The van der Waals surface area contributed by atoms with E-state index in [0.29, 0.717) is 0 Å². The second-order valence-electron chi connectivity index (χ2n) is 3.41. The molecule has 100 valence electrons. The van der Waals surface area contributed by atoms with Gasteiger partial charge in [0.1, 0.15) is 19.0 Å². The van der Waals surface area contributed by atoms with Crippen LogP contribution in [0, 0.1) is 17.7 Å². The number of amides is 1. The third-order valence-electron chi connectivity index (χ3n) is 2.15. The Kier molecular flexibility index (Phi) is 5.51. The van der Waals surface area contributed by atoms with E-state index >= 15 is 0 Å². The van der Waals surface area contributed by atoms with E-state index in [2.05, 4.69) is 21.9 Å². The van der Waals surface area contributed by atoms with Crippen molar-refractivity contribution in [2.45, 2.75) is 0 Å². The summed E-state index contributed by atoms with van der Waals surface area (Å²) in [4.78, 5) is 22.4. The molecule has 0 aromatic heterocycles. The number of halogens is 1. The molecule has 5 nitrogen and oxygen atoms in total. The van der Waals surface area contributed by atoms with Crippen molar-refractivity contribution in [3.8, 4) is 11.8 Å². The molecule has 0 heterocycles. The summed E-state index contributed by atoms with van der Waals surface area (Å²) in [5.74, 6) is 2.85. The molecule has 2 N–H and O–H groups in total. The maximum Gasteiger partial charge on any atom is 0.325 e. The van der Waals surface area contributed by atoms with E-state index in [1.54, 1.807) is 0 Å². The second kappa shape index (κ2) is 7.13. The van der Waals surface area contributed by atoms with Gasteiger partial charge in [0, 0.05) is 5.56 Å². The van der Waals surface area contributed by atoms with E-state index < -0.39 is 17.7 Å². The molecule has 0 bridgehead atoms. The van der Waals surface area contributed by atoms with Crippen molar-refractivity contribution in [1.82, 2.24) is 5.32 Å². The Bertz CT molecular complexity index is 545. The van der Waals surface area contributed by atoms with E-state index in [1.807, 2.05) is 0 Å². The van der Waals surface area contributed by atoms with E-state index in [1.165, 1.54) is 19.2 Å². The topological polar surface area (TPSA) is 75.6 Å². The number of benzene rings is 1. The summed E-state index contributed by atoms with van der Waals surface area (Å²) < 4.78 is 17.9. The minimum Gasteiger partial charge on any atom is -0.468 e. The van der Waals surface area contributed by atoms with Gasteiger partial charge >= 0.3 is 5.97 Å². The number of aliphatic hydroxyl groups excluding tert-OH is 1. The third kappa shape index (κ3) is 4.41. The first-order valence-electron chi connectivity index (χ1n) is 5.32. The summed E-state index contributed by atoms with van der Waals surface area (Å²) in [5.41, 5.74) is 0.148. The first kappa shape index (κ1) is 14.7. The number of ether oxygens (including phenoxy) is 1. The maximum atomic E-state index is 13.5. The molecule has 0 unspecified atom stereocenters. The van der Waals surface area contributed by atoms with Gasteiger partial charge in [-0.3, -0.25) is 9.59 Å². The molecule has 0 aliphatic heterocycles. The second-order valence-corrected chi connectivity index (χ2v) is 3.41. The Hall–Kier alpha value is -2.39. The van der Waals surface area contributed by atoms with Crippen LogP contribution in [0.5, 0.6) is 0 Å². The normalized spacial score (nSPS) is 9.21. The Morgan fingerprint density at radius 1 is 1.47 bits per heavy atom. The van der Waals surface area contributed by atoms with Crippen LogP contribution in [0.25, 0.3) is 0 Å². The number of carbonyl (C=O) groups excluding carboxylic acids is 2. The van der Waals surface area contributed by atoms with Gasteiger partial charge in [-0.05, 0) is 18.2 Å². The van der Waals surface area contributed by atoms with Crippen molar-refractivity contribution >= 4 is 11.9 Å². The van der Waals surface area contributed by atoms with Crippen LogP contribution in [0.1, 0.15) is 15.9 Å². The molecule has 1 aromatic carbocycles. The van der Waals surface area contributed by atoms with Crippen LogP contribution in [-0.4, -0.2) is 37.2 Å². The quantitative estimate of drug-likeness (QED) is 0.599. The van der Waals surface area contributed by atoms with Gasteiger partial charge in [0.2, 0.25) is 0 Å². The highest BCUT2D eigenvalue weighted by atomic mass is 19.1. The summed E-state index contributed by atoms with van der Waals surface area (Å²) in [6.07, 6.45) is 0. The lowest BCUT2D eigenvalue weighted by molar-refractivity contribution is -0.139. The zero-order valence-corrected chi connectivity index (χ0v) is 10.2. The predicted molar refractivity (Wildman–Crippen MR) is 64.7 cm³/mol. The Labute approximate surface area is 109 Å². The van der Waals surface area contributed by atoms with E-state index in [9.17, 15) is 14.0 Å². The highest BCUT2D eigenvalue weighted by Crippen LogP contribution is 2.09. The number of aliphatic hydroxyl groups is 1. The van der Waals surface area contributed by atoms with Gasteiger partial charge in [-0.2, -0.15) is 0 Å². The summed E-state index contributed by atoms with van der Waals surface area (Å²) >= 11 is 0. The van der Waals surface area contributed by atoms with E-state index in [-0.39, 0.29) is 24.3 Å². The van der Waals surface area contributed by atoms with Crippen LogP contribution in [-0.2, 0) is 9.53 Å². The van der Waals surface area contributed by atoms with Crippen molar-refractivity contribution in [3.05, 3.63) is 35.1 Å². The van der Waals surface area contributed by atoms with Crippen molar-refractivity contribution in [1.29, 1.82) is 0 Å². The zero-order chi connectivity index (χ0) is 14.3. The molecule has 0 aliphatic carbocycles. The van der Waals surface area contributed by atoms with Crippen LogP contribution in [0.3, 0.4) is 0 Å². The monoisotopic (exact) mass is 265 g/mol. The molecule has 0 saturated heterocycles. The average Bonchev–Trinajstić information content (AvgIpc) is 2.42. The summed E-state index contributed by atoms with van der Waals surface area (Å²) in [5, 5.41) is 10.8. The largest absolute Gasteiger partial charge is 0.468 e. The Morgan fingerprint density at radius 2 is 2.21 bits per heavy atom. The van der Waals surface area contributed by atoms with Crippen molar-refractivity contribution < 1.29 is 23.8 Å². The fourth-order valence-electron chi connectivity index (χ4n) is 1.22. The number of hydrogen-bond donors (Lipinski definition) is 2. The molecule has 0 atom stereocenters. The number of carbonyl (C=O) groups is 2. The molecule has 0 radical (unpaired) electrons. The van der Waals surface area contributed by atoms with Gasteiger partial charge in [0.05, 0.1) is 12.7 Å². The van der Waals surface area contributed by atoms with Crippen LogP contribution >= 0.6 is 0 Å². The lowest BCUT2D eigenvalue weighted by Gasteiger charge is -2.04. The number of hydrogen-bond acceptors (Lipinski definition) is 4. The first-order valence-corrected chi connectivity index (χ1v) is 5.32. The van der Waals surface area contributed by atoms with Gasteiger partial charge in [-0.25, -0.2) is 4.39 Å². The molecule has 6 heteroatoms. The maximum absolute atomic E-state index is 13.5. The van der Waals surface area contributed by atoms with Crippen molar-refractivity contribution in [3.63, 3.8) is 0 Å². The smallest absolute Gasteiger partial charge is 0.325 e. The molecule has 0 spiro atoms. The predicted octanol–water partition coefficient (Wildman–Crippen LogP) is 0.0723. The van der Waals surface area contributed by atoms with Gasteiger partial charge in [0.25, 0.3) is 5.91 Å². The minimum atomic E-state index is -0.674. The SMILES string of the molecule is COC(=O)CNC(=O)c1ccc(C#CCO)c(F)c1. The fourth-order valence-corrected chi connectivity index (χ4v) is 1.22. The van der Waals surface area contributed by atoms with Gasteiger partial charge < -0.3 is 15.2 Å². The number of nitrogens with one attached hydrogen (secondary N) is 1. The van der Waals surface area contributed by atoms with E-state index in [0.717, 1.165) is 6.07 Å². The minimum absolute atomic E-state index is 0.0657. The van der Waals surface area contributed by atoms with E-state index in [4.69, 9.17) is 5.11 Å². The first-order chi connectivity index (χ1) is 9.08. The van der Waals surface area contributed by atoms with Gasteiger partial charge in [-0.15, -0.1) is 0 Å². The Morgan fingerprint density at radius 3 is 2.79 bits per heavy atom. The molecular formula is C13H12FNO4. The molecule has 1 amide bonds. The molecule has 0 fully saturated rings. The highest BCUT2D eigenvalue weighted by Gasteiger charge is 2.10. The van der Waals surface area contributed by atoms with Gasteiger partial charge in [-0.1, -0.05) is 11.8 Å². The van der Waals surface area contributed by atoms with Crippen LogP contribution < -0.4 is 5.32 Å². The number of methoxy groups -OCH3 is 1. The van der Waals surface area contributed by atoms with Crippen LogP contribution in [0.2, 0.25) is 0 Å². The third-order valence-corrected chi connectivity index (χ3v) is 2.15. The van der Waals surface area contributed by atoms with Crippen molar-refractivity contribution in [2.75, 3.05) is 20.3 Å². The average molecular weight is 265 g/mol. The fraction of sp³-hybridized carbons (Fsp3) is 0.231. The lowest BCUT2D eigenvalue weighted by Crippen LogP contribution is -2.30. The zero-order valence-electron chi connectivity index (χ0n) is 10.2. The van der Waals surface area contributed by atoms with Gasteiger partial charge in [0.15, 0.2) is 0 Å². The standard InChI is InChI=1S/C13H12FNO4/c1-19-12(17)8-15-13(18)10-5-4-9(3-2-6-16)11(14)7-10/h4-5,7,16H,6,8H2,1H3,(H,15,18). The molecule has 0 aliphatic rings. The molecule has 19 heavy (non-hydrogen) atoms. The molecular weight excluding hydrogens is 253 g/mol. The Balaban J connectivity index is 2.77. The number of rotatable bonds is 3. The summed E-state index contributed by atoms with van der Waals surface area (Å²) in [6, 6.07) is 3.70. The van der Waals surface area contributed by atoms with Crippen LogP contribution in [0.4, 0.5) is 4.39 Å².